The second kappa shape index (κ2) is 13.6. The van der Waals surface area contributed by atoms with Crippen molar-refractivity contribution in [1.82, 2.24) is 24.8 Å². The first kappa shape index (κ1) is 36.6. The summed E-state index contributed by atoms with van der Waals surface area (Å²) in [5, 5.41) is -0.582. The fourth-order valence-corrected chi connectivity index (χ4v) is 8.43. The quantitative estimate of drug-likeness (QED) is 0.176. The molecule has 0 radical (unpaired) electrons. The van der Waals surface area contributed by atoms with Gasteiger partial charge in [-0.2, -0.15) is 23.1 Å². The minimum absolute atomic E-state index is 0.0440. The van der Waals surface area contributed by atoms with Gasteiger partial charge < -0.3 is 23.8 Å². The van der Waals surface area contributed by atoms with Crippen molar-refractivity contribution in [2.24, 2.45) is 0 Å². The summed E-state index contributed by atoms with van der Waals surface area (Å²) in [4.78, 5) is 32.2. The van der Waals surface area contributed by atoms with E-state index < -0.39 is 57.2 Å². The molecule has 0 aliphatic carbocycles. The lowest BCUT2D eigenvalue weighted by molar-refractivity contribution is -0.137. The van der Waals surface area contributed by atoms with E-state index in [2.05, 4.69) is 14.9 Å². The van der Waals surface area contributed by atoms with Crippen molar-refractivity contribution < 1.29 is 45.7 Å². The number of amides is 1. The number of methoxy groups -OCH3 is 1. The third kappa shape index (κ3) is 6.89. The second-order valence-corrected chi connectivity index (χ2v) is 15.3. The number of pyridine rings is 1. The van der Waals surface area contributed by atoms with Crippen LogP contribution < -0.4 is 14.4 Å². The van der Waals surface area contributed by atoms with E-state index in [1.54, 1.807) is 25.7 Å². The van der Waals surface area contributed by atoms with Crippen LogP contribution in [0, 0.1) is 5.82 Å². The maximum atomic E-state index is 16.8. The zero-order valence-electron chi connectivity index (χ0n) is 29.2. The Bertz CT molecular complexity index is 1850. The summed E-state index contributed by atoms with van der Waals surface area (Å²) in [7, 11) is 1.34. The minimum Gasteiger partial charge on any atom is -0.467 e. The predicted molar refractivity (Wildman–Crippen MR) is 181 cm³/mol. The molecule has 1 amide bonds. The molecule has 52 heavy (non-hydrogen) atoms. The lowest BCUT2D eigenvalue weighted by Crippen LogP contribution is -2.57. The van der Waals surface area contributed by atoms with Crippen LogP contribution in [0.2, 0.25) is 5.02 Å². The summed E-state index contributed by atoms with van der Waals surface area (Å²) in [5.41, 5.74) is -4.20. The highest BCUT2D eigenvalue weighted by Gasteiger charge is 2.50. The van der Waals surface area contributed by atoms with Crippen molar-refractivity contribution in [2.75, 3.05) is 51.6 Å². The number of benzene rings is 1. The topological polar surface area (TPSA) is 102 Å². The summed E-state index contributed by atoms with van der Waals surface area (Å²) in [6.45, 7) is 6.79. The van der Waals surface area contributed by atoms with Gasteiger partial charge in [0.25, 0.3) is 0 Å². The highest BCUT2D eigenvalue weighted by atomic mass is 35.5. The lowest BCUT2D eigenvalue weighted by Gasteiger charge is -2.42. The summed E-state index contributed by atoms with van der Waals surface area (Å²) >= 11 is 6.12. The number of ether oxygens (including phenoxy) is 4. The monoisotopic (exact) mass is 754 g/mol. The normalized spacial score (nSPS) is 24.8. The van der Waals surface area contributed by atoms with Gasteiger partial charge >= 0.3 is 18.3 Å². The number of halogens is 6. The van der Waals surface area contributed by atoms with E-state index in [0.717, 1.165) is 25.1 Å². The van der Waals surface area contributed by atoms with Crippen LogP contribution in [0.5, 0.6) is 11.8 Å². The van der Waals surface area contributed by atoms with Gasteiger partial charge in [-0.3, -0.25) is 14.8 Å². The molecule has 6 heterocycles. The molecule has 0 N–H and O–H groups in total. The van der Waals surface area contributed by atoms with Gasteiger partial charge in [0.05, 0.1) is 33.6 Å². The third-order valence-corrected chi connectivity index (χ3v) is 10.5. The third-order valence-electron chi connectivity index (χ3n) is 10.2. The fraction of sp³-hybridized carbons (Fsp3) is 0.600. The van der Waals surface area contributed by atoms with E-state index in [0.29, 0.717) is 38.9 Å². The molecule has 1 aromatic carbocycles. The van der Waals surface area contributed by atoms with E-state index >= 15 is 4.39 Å². The number of nitrogens with zero attached hydrogens (tertiary/aromatic N) is 6. The Balaban J connectivity index is 1.31. The van der Waals surface area contributed by atoms with Crippen LogP contribution in [0.15, 0.2) is 18.3 Å². The van der Waals surface area contributed by atoms with Crippen molar-refractivity contribution in [1.29, 1.82) is 0 Å². The number of rotatable bonds is 8. The van der Waals surface area contributed by atoms with E-state index in [1.165, 1.54) is 13.3 Å². The predicted octanol–water partition coefficient (Wildman–Crippen LogP) is 7.03. The fourth-order valence-electron chi connectivity index (χ4n) is 8.12. The maximum Gasteiger partial charge on any atom is 0.418 e. The molecule has 3 aromatic rings. The minimum atomic E-state index is -4.98. The van der Waals surface area contributed by atoms with E-state index in [1.807, 2.05) is 4.90 Å². The molecule has 17 heteroatoms. The molecular weight excluding hydrogens is 715 g/mol. The Hall–Kier alpha value is -3.76. The maximum absolute atomic E-state index is 16.8. The molecule has 282 valence electrons. The Morgan fingerprint density at radius 2 is 1.81 bits per heavy atom. The SMILES string of the molecule is COCOc1cc(Cl)c(C(F)(F)F)c(-c2ncc3c(N4CC5CCC(C4)N5C(=O)OC(C)(C)C)nc(OC[C@@]45CCCN4C[C@H](F)C5)nc3c2F)c1. The number of piperazine rings is 1. The highest BCUT2D eigenvalue weighted by molar-refractivity contribution is 6.32. The zero-order chi connectivity index (χ0) is 37.2. The first-order valence-corrected chi connectivity index (χ1v) is 17.6. The molecule has 2 bridgehead atoms. The van der Waals surface area contributed by atoms with Crippen LogP contribution in [0.25, 0.3) is 22.2 Å². The van der Waals surface area contributed by atoms with Crippen molar-refractivity contribution in [3.05, 3.63) is 34.7 Å². The zero-order valence-corrected chi connectivity index (χ0v) is 30.0. The van der Waals surface area contributed by atoms with Gasteiger partial charge in [0.2, 0.25) is 0 Å². The molecule has 2 unspecified atom stereocenters. The van der Waals surface area contributed by atoms with E-state index in [-0.39, 0.29) is 60.4 Å². The molecule has 0 spiro atoms. The Kier molecular flexibility index (Phi) is 9.56. The molecule has 11 nitrogen and oxygen atoms in total. The first-order chi connectivity index (χ1) is 24.6. The average Bonchev–Trinajstić information content (AvgIpc) is 3.67. The van der Waals surface area contributed by atoms with E-state index in [9.17, 15) is 22.4 Å². The number of carbonyl (C=O) groups is 1. The van der Waals surface area contributed by atoms with Gasteiger partial charge in [0.15, 0.2) is 12.6 Å². The largest absolute Gasteiger partial charge is 0.467 e. The van der Waals surface area contributed by atoms with Crippen LogP contribution in [0.3, 0.4) is 0 Å². The Labute approximate surface area is 302 Å². The van der Waals surface area contributed by atoms with Crippen molar-refractivity contribution in [2.45, 2.75) is 88.4 Å². The Morgan fingerprint density at radius 1 is 1.08 bits per heavy atom. The van der Waals surface area contributed by atoms with Gasteiger partial charge in [-0.15, -0.1) is 0 Å². The molecule has 2 aromatic heterocycles. The molecule has 4 atom stereocenters. The molecule has 4 aliphatic rings. The van der Waals surface area contributed by atoms with Crippen LogP contribution in [-0.4, -0.2) is 107 Å². The van der Waals surface area contributed by atoms with Gasteiger partial charge in [0.1, 0.15) is 41.2 Å². The van der Waals surface area contributed by atoms with Crippen molar-refractivity contribution >= 4 is 34.4 Å². The number of alkyl halides is 4. The Morgan fingerprint density at radius 3 is 2.48 bits per heavy atom. The van der Waals surface area contributed by atoms with Gasteiger partial charge in [-0.25, -0.2) is 13.6 Å². The number of hydrogen-bond acceptors (Lipinski definition) is 10. The first-order valence-electron chi connectivity index (χ1n) is 17.2. The summed E-state index contributed by atoms with van der Waals surface area (Å²) in [6, 6.07) is 1.28. The number of anilines is 1. The van der Waals surface area contributed by atoms with Gasteiger partial charge in [0, 0.05) is 44.9 Å². The van der Waals surface area contributed by atoms with Crippen LogP contribution in [0.4, 0.5) is 32.6 Å². The van der Waals surface area contributed by atoms with Crippen LogP contribution >= 0.6 is 11.6 Å². The van der Waals surface area contributed by atoms with E-state index in [4.69, 9.17) is 35.5 Å². The molecule has 7 rings (SSSR count). The lowest BCUT2D eigenvalue weighted by atomic mass is 9.95. The highest BCUT2D eigenvalue weighted by Crippen LogP contribution is 2.46. The van der Waals surface area contributed by atoms with Gasteiger partial charge in [-0.1, -0.05) is 11.6 Å². The number of hydrogen-bond donors (Lipinski definition) is 0. The summed E-state index contributed by atoms with van der Waals surface area (Å²) in [5.74, 6) is -0.998. The number of aromatic nitrogens is 3. The van der Waals surface area contributed by atoms with Crippen LogP contribution in [-0.2, 0) is 15.7 Å². The smallest absolute Gasteiger partial charge is 0.418 e. The summed E-state index contributed by atoms with van der Waals surface area (Å²) in [6.07, 6.45) is -1.94. The number of carbonyl (C=O) groups excluding carboxylic acids is 1. The number of fused-ring (bicyclic) bond motifs is 4. The standard InChI is InChI=1S/C35H40ClF5N6O5/c1-33(2,3)52-32(48)47-20-6-7-21(47)16-45(15-20)30-24-13-42-28(23-10-22(51-18-49-4)11-25(36)26(23)35(39,40)41)27(38)29(24)43-31(44-30)50-17-34-8-5-9-46(34)14-19(37)12-34/h10-11,13,19-21H,5-9,12,14-18H2,1-4H3/t19-,20?,21?,34+/m1/s1. The molecule has 4 fully saturated rings. The van der Waals surface area contributed by atoms with Crippen LogP contribution in [0.1, 0.15) is 58.4 Å². The molecule has 4 aliphatic heterocycles. The summed E-state index contributed by atoms with van der Waals surface area (Å²) < 4.78 is 96.7. The molecular formula is C35H40ClF5N6O5. The van der Waals surface area contributed by atoms with Crippen molar-refractivity contribution in [3.63, 3.8) is 0 Å². The molecule has 0 saturated carbocycles. The second-order valence-electron chi connectivity index (χ2n) is 14.9. The average molecular weight is 755 g/mol. The molecule has 4 saturated heterocycles. The van der Waals surface area contributed by atoms with Gasteiger partial charge in [-0.05, 0) is 65.1 Å². The van der Waals surface area contributed by atoms with Crippen molar-refractivity contribution in [3.8, 4) is 23.0 Å².